The van der Waals surface area contributed by atoms with E-state index in [0.29, 0.717) is 5.56 Å². The van der Waals surface area contributed by atoms with Crippen molar-refractivity contribution in [1.29, 1.82) is 0 Å². The Morgan fingerprint density at radius 3 is 1.56 bits per heavy atom. The summed E-state index contributed by atoms with van der Waals surface area (Å²) in [5, 5.41) is 0. The number of rotatable bonds is 7. The summed E-state index contributed by atoms with van der Waals surface area (Å²) in [6, 6.07) is 31.4. The van der Waals surface area contributed by atoms with Gasteiger partial charge in [0, 0.05) is 11.1 Å². The van der Waals surface area contributed by atoms with Crippen molar-refractivity contribution in [2.45, 2.75) is 19.8 Å². The summed E-state index contributed by atoms with van der Waals surface area (Å²) in [4.78, 5) is 19.4. The van der Waals surface area contributed by atoms with E-state index >= 15 is 0 Å². The van der Waals surface area contributed by atoms with Crippen LogP contribution in [0.5, 0.6) is 5.75 Å². The summed E-state index contributed by atoms with van der Waals surface area (Å²) in [5.74, 6) is 0.187. The first-order chi connectivity index (χ1) is 15.5. The van der Waals surface area contributed by atoms with Gasteiger partial charge in [-0.3, -0.25) is 9.79 Å². The maximum absolute atomic E-state index is 11.9. The first kappa shape index (κ1) is 22.0. The molecule has 5 heteroatoms. The van der Waals surface area contributed by atoms with E-state index in [1.165, 1.54) is 0 Å². The minimum atomic E-state index is -4.77. The molecule has 4 aromatic carbocycles. The Hall–Kier alpha value is -3.17. The lowest BCUT2D eigenvalue weighted by atomic mass is 9.83. The Kier molecular flexibility index (Phi) is 6.57. The molecule has 0 heterocycles. The Balaban J connectivity index is 2.17. The number of phosphoric acid groups is 1. The fourth-order valence-corrected chi connectivity index (χ4v) is 4.50. The number of hydrogen-bond acceptors (Lipinski definition) is 2. The number of hydrogen-bond donors (Lipinski definition) is 2. The van der Waals surface area contributed by atoms with Gasteiger partial charge in [0.15, 0.2) is 0 Å². The summed E-state index contributed by atoms with van der Waals surface area (Å²) in [6.07, 6.45) is 1.63. The fraction of sp³-hybridized carbons (Fsp3) is 0.111. The van der Waals surface area contributed by atoms with E-state index in [0.717, 1.165) is 46.2 Å². The highest BCUT2D eigenvalue weighted by Gasteiger charge is 2.26. The molecule has 4 nitrogen and oxygen atoms in total. The Morgan fingerprint density at radius 2 is 1.12 bits per heavy atom. The average Bonchev–Trinajstić information content (AvgIpc) is 2.79. The van der Waals surface area contributed by atoms with Crippen molar-refractivity contribution in [1.82, 2.24) is 0 Å². The van der Waals surface area contributed by atoms with E-state index in [4.69, 9.17) is 4.52 Å². The molecule has 162 valence electrons. The largest absolute Gasteiger partial charge is 0.524 e. The van der Waals surface area contributed by atoms with Crippen LogP contribution in [0.25, 0.3) is 33.4 Å². The van der Waals surface area contributed by atoms with Crippen molar-refractivity contribution in [3.63, 3.8) is 0 Å². The van der Waals surface area contributed by atoms with Gasteiger partial charge in [0.25, 0.3) is 0 Å². The zero-order valence-corrected chi connectivity index (χ0v) is 18.7. The van der Waals surface area contributed by atoms with E-state index in [-0.39, 0.29) is 5.75 Å². The molecular formula is C27H25O4P. The Morgan fingerprint density at radius 1 is 0.688 bits per heavy atom. The van der Waals surface area contributed by atoms with Gasteiger partial charge >= 0.3 is 7.82 Å². The topological polar surface area (TPSA) is 66.8 Å². The third-order valence-electron chi connectivity index (χ3n) is 5.30. The van der Waals surface area contributed by atoms with Crippen LogP contribution in [0.1, 0.15) is 18.9 Å². The molecule has 0 aromatic heterocycles. The zero-order chi connectivity index (χ0) is 22.6. The van der Waals surface area contributed by atoms with E-state index in [9.17, 15) is 14.4 Å². The van der Waals surface area contributed by atoms with Gasteiger partial charge < -0.3 is 4.52 Å². The van der Waals surface area contributed by atoms with E-state index < -0.39 is 7.82 Å². The normalized spacial score (nSPS) is 11.3. The number of aryl methyl sites for hydroxylation is 1. The minimum absolute atomic E-state index is 0.187. The van der Waals surface area contributed by atoms with Crippen LogP contribution in [0.4, 0.5) is 0 Å². The van der Waals surface area contributed by atoms with Crippen LogP contribution >= 0.6 is 7.82 Å². The highest BCUT2D eigenvalue weighted by atomic mass is 31.2. The molecule has 0 spiro atoms. The lowest BCUT2D eigenvalue weighted by molar-refractivity contribution is 0.283. The van der Waals surface area contributed by atoms with Crippen molar-refractivity contribution in [2.75, 3.05) is 0 Å². The molecule has 0 aliphatic heterocycles. The van der Waals surface area contributed by atoms with Gasteiger partial charge in [-0.15, -0.1) is 0 Å². The van der Waals surface area contributed by atoms with Crippen LogP contribution in [-0.2, 0) is 11.0 Å². The van der Waals surface area contributed by atoms with Crippen LogP contribution < -0.4 is 4.52 Å². The first-order valence-electron chi connectivity index (χ1n) is 10.6. The summed E-state index contributed by atoms with van der Waals surface area (Å²) in [6.45, 7) is 2.09. The minimum Gasteiger partial charge on any atom is -0.404 e. The first-order valence-corrected chi connectivity index (χ1v) is 12.1. The summed E-state index contributed by atoms with van der Waals surface area (Å²) in [7, 11) is -4.77. The zero-order valence-electron chi connectivity index (χ0n) is 17.8. The van der Waals surface area contributed by atoms with Crippen LogP contribution in [0.3, 0.4) is 0 Å². The predicted molar refractivity (Wildman–Crippen MR) is 129 cm³/mol. The van der Waals surface area contributed by atoms with Gasteiger partial charge in [0.05, 0.1) is 0 Å². The van der Waals surface area contributed by atoms with E-state index in [1.807, 2.05) is 78.9 Å². The molecule has 0 aliphatic rings. The Bertz CT molecular complexity index is 1230. The van der Waals surface area contributed by atoms with Crippen molar-refractivity contribution in [3.05, 3.63) is 103 Å². The van der Waals surface area contributed by atoms with Crippen molar-refractivity contribution >= 4 is 7.82 Å². The molecule has 32 heavy (non-hydrogen) atoms. The predicted octanol–water partition coefficient (Wildman–Crippen LogP) is 7.11. The third kappa shape index (κ3) is 4.84. The van der Waals surface area contributed by atoms with E-state index in [2.05, 4.69) is 19.1 Å². The molecule has 2 N–H and O–H groups in total. The second-order valence-electron chi connectivity index (χ2n) is 7.59. The van der Waals surface area contributed by atoms with Gasteiger partial charge in [0.2, 0.25) is 0 Å². The molecule has 0 saturated heterocycles. The van der Waals surface area contributed by atoms with Gasteiger partial charge in [-0.2, -0.15) is 0 Å². The highest BCUT2D eigenvalue weighted by molar-refractivity contribution is 7.46. The standard InChI is InChI=1S/C27H25O4P/c1-2-12-23-19-24(31-32(28,29)30)26(21-15-8-4-9-16-21)27(22-17-10-5-11-18-22)25(23)20-13-6-3-7-14-20/h3-11,13-19H,2,12H2,1H3,(H2,28,29,30). The second-order valence-corrected chi connectivity index (χ2v) is 8.75. The van der Waals surface area contributed by atoms with Crippen LogP contribution in [-0.4, -0.2) is 9.79 Å². The molecule has 0 amide bonds. The molecular weight excluding hydrogens is 419 g/mol. The van der Waals surface area contributed by atoms with Gasteiger partial charge in [-0.25, -0.2) is 4.57 Å². The average molecular weight is 444 g/mol. The molecule has 4 rings (SSSR count). The maximum atomic E-state index is 11.9. The Labute approximate surface area is 188 Å². The molecule has 0 aliphatic carbocycles. The lowest BCUT2D eigenvalue weighted by Gasteiger charge is -2.23. The number of phosphoric ester groups is 1. The maximum Gasteiger partial charge on any atom is 0.524 e. The summed E-state index contributed by atoms with van der Waals surface area (Å²) in [5.41, 5.74) is 6.44. The SMILES string of the molecule is CCCc1cc(OP(=O)(O)O)c(-c2ccccc2)c(-c2ccccc2)c1-c1ccccc1. The molecule has 4 aromatic rings. The van der Waals surface area contributed by atoms with Crippen LogP contribution in [0, 0.1) is 0 Å². The van der Waals surface area contributed by atoms with Gasteiger partial charge in [0.1, 0.15) is 5.75 Å². The van der Waals surface area contributed by atoms with Crippen LogP contribution in [0.2, 0.25) is 0 Å². The van der Waals surface area contributed by atoms with E-state index in [1.54, 1.807) is 6.07 Å². The second kappa shape index (κ2) is 9.54. The molecule has 0 fully saturated rings. The van der Waals surface area contributed by atoms with Gasteiger partial charge in [-0.1, -0.05) is 104 Å². The van der Waals surface area contributed by atoms with Gasteiger partial charge in [-0.05, 0) is 40.3 Å². The quantitative estimate of drug-likeness (QED) is 0.298. The molecule has 0 saturated carbocycles. The van der Waals surface area contributed by atoms with Crippen molar-refractivity contribution in [3.8, 4) is 39.1 Å². The highest BCUT2D eigenvalue weighted by Crippen LogP contribution is 2.51. The van der Waals surface area contributed by atoms with Crippen LogP contribution in [0.15, 0.2) is 97.1 Å². The van der Waals surface area contributed by atoms with Crippen molar-refractivity contribution < 1.29 is 18.9 Å². The molecule has 0 radical (unpaired) electrons. The molecule has 0 unspecified atom stereocenters. The summed E-state index contributed by atoms with van der Waals surface area (Å²) >= 11 is 0. The molecule has 0 atom stereocenters. The monoisotopic (exact) mass is 444 g/mol. The molecule has 0 bridgehead atoms. The fourth-order valence-electron chi connectivity index (χ4n) is 4.10. The number of benzene rings is 4. The smallest absolute Gasteiger partial charge is 0.404 e. The summed E-state index contributed by atoms with van der Waals surface area (Å²) < 4.78 is 17.2. The van der Waals surface area contributed by atoms with Crippen molar-refractivity contribution in [2.24, 2.45) is 0 Å². The lowest BCUT2D eigenvalue weighted by Crippen LogP contribution is -2.01. The third-order valence-corrected chi connectivity index (χ3v) is 5.73.